The van der Waals surface area contributed by atoms with Crippen LogP contribution >= 0.6 is 7.37 Å². The number of halogens is 3. The zero-order chi connectivity index (χ0) is 16.3. The first-order valence-electron chi connectivity index (χ1n) is 6.30. The van der Waals surface area contributed by atoms with Crippen molar-refractivity contribution in [3.8, 4) is 0 Å². The van der Waals surface area contributed by atoms with Gasteiger partial charge in [0.05, 0.1) is 0 Å². The fraction of sp³-hybridized carbons (Fsp3) is 0.133. The molecule has 3 atom stereocenters. The molecule has 0 heterocycles. The van der Waals surface area contributed by atoms with Crippen molar-refractivity contribution < 1.29 is 27.4 Å². The Hall–Kier alpha value is -1.91. The van der Waals surface area contributed by atoms with Crippen LogP contribution in [0.5, 0.6) is 0 Å². The lowest BCUT2D eigenvalue weighted by molar-refractivity contribution is 0.0817. The van der Waals surface area contributed by atoms with E-state index in [1.807, 2.05) is 0 Å². The van der Waals surface area contributed by atoms with Crippen LogP contribution in [0.2, 0.25) is 0 Å². The third-order valence-corrected chi connectivity index (χ3v) is 5.05. The van der Waals surface area contributed by atoms with Gasteiger partial charge in [0.1, 0.15) is 5.82 Å². The molecule has 0 aliphatic rings. The van der Waals surface area contributed by atoms with Gasteiger partial charge in [-0.2, -0.15) is 0 Å². The second-order valence-corrected chi connectivity index (χ2v) is 6.86. The van der Waals surface area contributed by atoms with E-state index in [0.717, 1.165) is 24.3 Å². The minimum Gasteiger partial charge on any atom is -0.339 e. The number of benzene rings is 2. The van der Waals surface area contributed by atoms with E-state index < -0.39 is 31.1 Å². The normalized spacial score (nSPS) is 16.5. The first kappa shape index (κ1) is 16.5. The third kappa shape index (κ3) is 3.29. The van der Waals surface area contributed by atoms with Crippen LogP contribution in [-0.4, -0.2) is 22.8 Å². The van der Waals surface area contributed by atoms with Gasteiger partial charge < -0.3 is 4.89 Å². The van der Waals surface area contributed by atoms with Gasteiger partial charge in [-0.3, -0.25) is 9.36 Å². The highest BCUT2D eigenvalue weighted by molar-refractivity contribution is 7.66. The van der Waals surface area contributed by atoms with Crippen molar-refractivity contribution in [2.45, 2.75) is 12.1 Å². The quantitative estimate of drug-likeness (QED) is 0.677. The number of carbonyl (C=O) groups excluding carboxylic acids is 1. The number of ketones is 1. The smallest absolute Gasteiger partial charge is 0.266 e. The Bertz CT molecular complexity index is 704. The summed E-state index contributed by atoms with van der Waals surface area (Å²) >= 11 is 0. The minimum atomic E-state index is -4.71. The van der Waals surface area contributed by atoms with Crippen LogP contribution < -0.4 is 5.30 Å². The highest BCUT2D eigenvalue weighted by atomic mass is 31.2. The fourth-order valence-electron chi connectivity index (χ4n) is 1.86. The van der Waals surface area contributed by atoms with Gasteiger partial charge in [-0.15, -0.1) is 0 Å². The number of rotatable bonds is 5. The van der Waals surface area contributed by atoms with Crippen LogP contribution in [0.15, 0.2) is 54.6 Å². The monoisotopic (exact) mass is 328 g/mol. The molecule has 2 aromatic rings. The standard InChI is InChI=1S/C15H12F3O3P/c16-11-8-6-10(7-9-11)14(19)13(17)15(18)22(20,21)12-4-2-1-3-5-12/h1-9,13,15H,(H,20,21). The van der Waals surface area contributed by atoms with Crippen molar-refractivity contribution in [3.05, 3.63) is 66.0 Å². The van der Waals surface area contributed by atoms with Crippen LogP contribution in [0.4, 0.5) is 13.2 Å². The summed E-state index contributed by atoms with van der Waals surface area (Å²) in [6.45, 7) is 0. The molecule has 3 unspecified atom stereocenters. The molecular weight excluding hydrogens is 316 g/mol. The Kier molecular flexibility index (Phi) is 4.84. The summed E-state index contributed by atoms with van der Waals surface area (Å²) in [5, 5.41) is -0.281. The average molecular weight is 328 g/mol. The van der Waals surface area contributed by atoms with E-state index in [2.05, 4.69) is 0 Å². The maximum Gasteiger partial charge on any atom is 0.266 e. The maximum atomic E-state index is 14.1. The van der Waals surface area contributed by atoms with Crippen molar-refractivity contribution >= 4 is 18.5 Å². The molecule has 0 bridgehead atoms. The zero-order valence-electron chi connectivity index (χ0n) is 11.2. The lowest BCUT2D eigenvalue weighted by Gasteiger charge is -2.19. The predicted octanol–water partition coefficient (Wildman–Crippen LogP) is 3.24. The Morgan fingerprint density at radius 3 is 2.09 bits per heavy atom. The van der Waals surface area contributed by atoms with Gasteiger partial charge in [0.2, 0.25) is 17.9 Å². The number of carbonyl (C=O) groups is 1. The van der Waals surface area contributed by atoms with E-state index in [4.69, 9.17) is 0 Å². The van der Waals surface area contributed by atoms with E-state index >= 15 is 0 Å². The Balaban J connectivity index is 2.25. The van der Waals surface area contributed by atoms with Crippen molar-refractivity contribution in [3.63, 3.8) is 0 Å². The first-order valence-corrected chi connectivity index (χ1v) is 8.03. The third-order valence-electron chi connectivity index (χ3n) is 3.08. The molecule has 2 rings (SSSR count). The molecule has 3 nitrogen and oxygen atoms in total. The predicted molar refractivity (Wildman–Crippen MR) is 76.4 cm³/mol. The Morgan fingerprint density at radius 2 is 1.55 bits per heavy atom. The highest BCUT2D eigenvalue weighted by Gasteiger charge is 2.43. The number of alkyl halides is 2. The van der Waals surface area contributed by atoms with Crippen molar-refractivity contribution in [1.29, 1.82) is 0 Å². The summed E-state index contributed by atoms with van der Waals surface area (Å²) in [5.41, 5.74) is -0.274. The van der Waals surface area contributed by atoms with E-state index in [1.54, 1.807) is 6.07 Å². The molecule has 0 spiro atoms. The van der Waals surface area contributed by atoms with Crippen LogP contribution in [0.25, 0.3) is 0 Å². The largest absolute Gasteiger partial charge is 0.339 e. The molecule has 0 radical (unpaired) electrons. The SMILES string of the molecule is O=C(c1ccc(F)cc1)C(F)C(F)P(=O)(O)c1ccccc1. The van der Waals surface area contributed by atoms with Crippen LogP contribution in [0.1, 0.15) is 10.4 Å². The second-order valence-electron chi connectivity index (χ2n) is 4.60. The molecule has 1 N–H and O–H groups in total. The van der Waals surface area contributed by atoms with E-state index in [9.17, 15) is 27.4 Å². The van der Waals surface area contributed by atoms with E-state index in [-0.39, 0.29) is 10.9 Å². The van der Waals surface area contributed by atoms with E-state index in [0.29, 0.717) is 0 Å². The summed E-state index contributed by atoms with van der Waals surface area (Å²) in [7, 11) is -4.71. The molecule has 116 valence electrons. The first-order chi connectivity index (χ1) is 10.3. The lowest BCUT2D eigenvalue weighted by atomic mass is 10.1. The highest BCUT2D eigenvalue weighted by Crippen LogP contribution is 2.48. The maximum absolute atomic E-state index is 14.1. The molecule has 0 saturated heterocycles. The Morgan fingerprint density at radius 1 is 1.00 bits per heavy atom. The molecule has 0 fully saturated rings. The Labute approximate surface area is 124 Å². The van der Waals surface area contributed by atoms with Crippen molar-refractivity contribution in [2.75, 3.05) is 0 Å². The topological polar surface area (TPSA) is 54.4 Å². The van der Waals surface area contributed by atoms with Gasteiger partial charge in [-0.1, -0.05) is 18.2 Å². The summed E-state index contributed by atoms with van der Waals surface area (Å²) in [4.78, 5) is 21.6. The summed E-state index contributed by atoms with van der Waals surface area (Å²) in [6.07, 6.45) is -2.82. The van der Waals surface area contributed by atoms with Gasteiger partial charge in [0, 0.05) is 10.9 Å². The molecule has 2 aromatic carbocycles. The molecule has 0 aliphatic carbocycles. The van der Waals surface area contributed by atoms with Crippen LogP contribution in [0.3, 0.4) is 0 Å². The molecule has 0 amide bonds. The zero-order valence-corrected chi connectivity index (χ0v) is 12.1. The van der Waals surface area contributed by atoms with Crippen LogP contribution in [0, 0.1) is 5.82 Å². The number of Topliss-reactive ketones (excluding diaryl/α,β-unsaturated/α-hetero) is 1. The van der Waals surface area contributed by atoms with Crippen molar-refractivity contribution in [1.82, 2.24) is 0 Å². The number of hydrogen-bond donors (Lipinski definition) is 1. The summed E-state index contributed by atoms with van der Waals surface area (Å²) < 4.78 is 52.9. The lowest BCUT2D eigenvalue weighted by Crippen LogP contribution is -2.30. The van der Waals surface area contributed by atoms with Crippen LogP contribution in [-0.2, 0) is 4.57 Å². The van der Waals surface area contributed by atoms with Gasteiger partial charge in [0.25, 0.3) is 7.37 Å². The second kappa shape index (κ2) is 6.46. The molecule has 22 heavy (non-hydrogen) atoms. The van der Waals surface area contributed by atoms with Gasteiger partial charge >= 0.3 is 0 Å². The van der Waals surface area contributed by atoms with Gasteiger partial charge in [-0.05, 0) is 36.4 Å². The van der Waals surface area contributed by atoms with Crippen molar-refractivity contribution in [2.24, 2.45) is 0 Å². The summed E-state index contributed by atoms with van der Waals surface area (Å²) in [5.74, 6) is -4.84. The van der Waals surface area contributed by atoms with Gasteiger partial charge in [0.15, 0.2) is 0 Å². The average Bonchev–Trinajstić information content (AvgIpc) is 2.54. The molecule has 0 aromatic heterocycles. The molecule has 7 heteroatoms. The minimum absolute atomic E-state index is 0.274. The van der Waals surface area contributed by atoms with E-state index in [1.165, 1.54) is 24.3 Å². The number of hydrogen-bond acceptors (Lipinski definition) is 2. The fourth-order valence-corrected chi connectivity index (χ4v) is 3.23. The molecule has 0 saturated carbocycles. The van der Waals surface area contributed by atoms with Gasteiger partial charge in [-0.25, -0.2) is 13.2 Å². The molecule has 0 aliphatic heterocycles. The molecular formula is C15H12F3O3P. The summed E-state index contributed by atoms with van der Waals surface area (Å²) in [6, 6.07) is 10.5.